The number of hydrogen-bond acceptors (Lipinski definition) is 4. The van der Waals surface area contributed by atoms with Crippen molar-refractivity contribution in [2.75, 3.05) is 13.2 Å². The Balaban J connectivity index is 2.20. The fourth-order valence-electron chi connectivity index (χ4n) is 2.23. The summed E-state index contributed by atoms with van der Waals surface area (Å²) in [4.78, 5) is 24.4. The molecule has 2 unspecified atom stereocenters. The minimum absolute atomic E-state index is 0.0249. The summed E-state index contributed by atoms with van der Waals surface area (Å²) in [5, 5.41) is 9.59. The van der Waals surface area contributed by atoms with E-state index < -0.39 is 12.2 Å². The molecule has 0 fully saturated rings. The van der Waals surface area contributed by atoms with Crippen molar-refractivity contribution in [1.29, 1.82) is 0 Å². The Hall–Kier alpha value is -1.33. The molecule has 2 rings (SSSR count). The lowest BCUT2D eigenvalue weighted by Crippen LogP contribution is -2.40. The molecule has 1 heterocycles. The van der Waals surface area contributed by atoms with E-state index in [9.17, 15) is 9.59 Å². The summed E-state index contributed by atoms with van der Waals surface area (Å²) >= 11 is 5.86. The van der Waals surface area contributed by atoms with E-state index in [1.165, 1.54) is 4.90 Å². The van der Waals surface area contributed by atoms with E-state index in [-0.39, 0.29) is 18.1 Å². The molecule has 6 heteroatoms. The van der Waals surface area contributed by atoms with Gasteiger partial charge in [0, 0.05) is 30.8 Å². The number of carbonyl (C=O) groups is 2. The van der Waals surface area contributed by atoms with Gasteiger partial charge in [0.25, 0.3) is 0 Å². The number of Topliss-reactive ketones (excluding diaryl/α,β-unsaturated/α-hetero) is 1. The van der Waals surface area contributed by atoms with Crippen molar-refractivity contribution < 1.29 is 19.4 Å². The number of carboxylic acids is 1. The third-order valence-corrected chi connectivity index (χ3v) is 3.25. The lowest BCUT2D eigenvalue weighted by Gasteiger charge is -2.24. The summed E-state index contributed by atoms with van der Waals surface area (Å²) in [6.45, 7) is 2.37. The van der Waals surface area contributed by atoms with Crippen LogP contribution in [0.3, 0.4) is 0 Å². The Bertz CT molecular complexity index is 443. The molecule has 2 aliphatic rings. The molecule has 98 valence electrons. The number of allylic oxidation sites excluding steroid dienone is 2. The van der Waals surface area contributed by atoms with Gasteiger partial charge < -0.3 is 14.7 Å². The van der Waals surface area contributed by atoms with Crippen LogP contribution in [0, 0.1) is 5.92 Å². The topological polar surface area (TPSA) is 66.8 Å². The molecule has 0 aromatic carbocycles. The number of halogens is 1. The normalized spacial score (nSPS) is 24.4. The van der Waals surface area contributed by atoms with Gasteiger partial charge in [-0.15, -0.1) is 0 Å². The van der Waals surface area contributed by atoms with Crippen LogP contribution in [0.2, 0.25) is 0 Å². The second kappa shape index (κ2) is 5.12. The largest absolute Gasteiger partial charge is 0.478 e. The molecule has 18 heavy (non-hydrogen) atoms. The Morgan fingerprint density at radius 1 is 1.72 bits per heavy atom. The molecule has 1 aliphatic carbocycles. The Labute approximate surface area is 110 Å². The zero-order chi connectivity index (χ0) is 13.3. The average molecular weight is 272 g/mol. The molecule has 1 aliphatic heterocycles. The van der Waals surface area contributed by atoms with Gasteiger partial charge in [0.1, 0.15) is 5.78 Å². The fraction of sp³-hybridized carbons (Fsp3) is 0.500. The number of hydrogen-bond donors (Lipinski definition) is 1. The van der Waals surface area contributed by atoms with Crippen molar-refractivity contribution in [3.05, 3.63) is 22.9 Å². The molecule has 0 radical (unpaired) electrons. The van der Waals surface area contributed by atoms with Gasteiger partial charge in [-0.05, 0) is 18.6 Å². The van der Waals surface area contributed by atoms with E-state index in [1.54, 1.807) is 19.2 Å². The van der Waals surface area contributed by atoms with Crippen LogP contribution in [-0.4, -0.2) is 41.1 Å². The number of nitrogens with zero attached hydrogens (tertiary/aromatic N) is 1. The monoisotopic (exact) mass is 271 g/mol. The van der Waals surface area contributed by atoms with Crippen LogP contribution >= 0.6 is 11.6 Å². The van der Waals surface area contributed by atoms with Crippen molar-refractivity contribution in [1.82, 2.24) is 4.90 Å². The van der Waals surface area contributed by atoms with Crippen molar-refractivity contribution in [2.45, 2.75) is 19.6 Å². The molecule has 5 nitrogen and oxygen atoms in total. The highest BCUT2D eigenvalue weighted by molar-refractivity contribution is 6.31. The van der Waals surface area contributed by atoms with Gasteiger partial charge in [-0.25, -0.2) is 4.79 Å². The molecule has 0 bridgehead atoms. The first-order chi connectivity index (χ1) is 8.52. The number of ketones is 1. The molecule has 0 amide bonds. The highest BCUT2D eigenvalue weighted by atomic mass is 35.5. The van der Waals surface area contributed by atoms with Gasteiger partial charge in [0.2, 0.25) is 6.23 Å². The second-order valence-corrected chi connectivity index (χ2v) is 4.74. The van der Waals surface area contributed by atoms with Crippen molar-refractivity contribution >= 4 is 23.4 Å². The molecule has 0 aromatic rings. The van der Waals surface area contributed by atoms with E-state index >= 15 is 0 Å². The lowest BCUT2D eigenvalue weighted by molar-refractivity contribution is -0.161. The van der Waals surface area contributed by atoms with Crippen LogP contribution in [0.4, 0.5) is 0 Å². The Kier molecular flexibility index (Phi) is 3.73. The van der Waals surface area contributed by atoms with Crippen LogP contribution in [0.1, 0.15) is 13.3 Å². The van der Waals surface area contributed by atoms with E-state index in [0.29, 0.717) is 18.2 Å². The van der Waals surface area contributed by atoms with Gasteiger partial charge in [0.05, 0.1) is 5.92 Å². The summed E-state index contributed by atoms with van der Waals surface area (Å²) in [5.74, 6) is -1.32. The van der Waals surface area contributed by atoms with Crippen LogP contribution < -0.4 is 0 Å². The lowest BCUT2D eigenvalue weighted by atomic mass is 9.90. The first-order valence-electron chi connectivity index (χ1n) is 5.73. The first kappa shape index (κ1) is 13.1. The number of fused-ring (bicyclic) bond motifs is 1. The van der Waals surface area contributed by atoms with Crippen LogP contribution in [-0.2, 0) is 14.3 Å². The molecular formula is C12H14ClNO4. The predicted octanol–water partition coefficient (Wildman–Crippen LogP) is 1.34. The number of carbonyl (C=O) groups excluding carboxylic acids is 1. The summed E-state index contributed by atoms with van der Waals surface area (Å²) in [6, 6.07) is 0. The first-order valence-corrected chi connectivity index (χ1v) is 6.11. The van der Waals surface area contributed by atoms with E-state index in [0.717, 1.165) is 5.57 Å². The van der Waals surface area contributed by atoms with Crippen molar-refractivity contribution in [2.24, 2.45) is 5.92 Å². The quantitative estimate of drug-likeness (QED) is 0.836. The maximum absolute atomic E-state index is 11.8. The van der Waals surface area contributed by atoms with Gasteiger partial charge in [-0.3, -0.25) is 4.79 Å². The van der Waals surface area contributed by atoms with Crippen LogP contribution in [0.25, 0.3) is 0 Å². The van der Waals surface area contributed by atoms with E-state index in [2.05, 4.69) is 0 Å². The molecular weight excluding hydrogens is 258 g/mol. The van der Waals surface area contributed by atoms with Gasteiger partial charge >= 0.3 is 5.97 Å². The number of rotatable bonds is 4. The molecule has 0 aromatic heterocycles. The van der Waals surface area contributed by atoms with E-state index in [1.807, 2.05) is 0 Å². The van der Waals surface area contributed by atoms with Gasteiger partial charge in [0.15, 0.2) is 0 Å². The number of carboxylic acid groups (broad SMARTS) is 1. The maximum Gasteiger partial charge on any atom is 0.354 e. The maximum atomic E-state index is 11.8. The van der Waals surface area contributed by atoms with Gasteiger partial charge in [-0.1, -0.05) is 11.6 Å². The number of ether oxygens (including phenoxy) is 1. The zero-order valence-electron chi connectivity index (χ0n) is 9.93. The molecule has 0 spiro atoms. The van der Waals surface area contributed by atoms with Crippen LogP contribution in [0.5, 0.6) is 0 Å². The minimum atomic E-state index is -1.06. The van der Waals surface area contributed by atoms with Gasteiger partial charge in [-0.2, -0.15) is 0 Å². The fourth-order valence-corrected chi connectivity index (χ4v) is 2.49. The standard InChI is InChI=1S/C12H14ClNO4/c1-2-18-11(12(16)17)14-5-7-3-8(13)4-10(15)9(7)6-14/h3,5,9,11H,2,4,6H2,1H3,(H,16,17). The van der Waals surface area contributed by atoms with Crippen molar-refractivity contribution in [3.63, 3.8) is 0 Å². The predicted molar refractivity (Wildman–Crippen MR) is 64.9 cm³/mol. The van der Waals surface area contributed by atoms with E-state index in [4.69, 9.17) is 21.4 Å². The zero-order valence-corrected chi connectivity index (χ0v) is 10.7. The summed E-state index contributed by atoms with van der Waals surface area (Å²) < 4.78 is 5.17. The summed E-state index contributed by atoms with van der Waals surface area (Å²) in [6.07, 6.45) is 2.56. The third-order valence-electron chi connectivity index (χ3n) is 3.00. The summed E-state index contributed by atoms with van der Waals surface area (Å²) in [7, 11) is 0. The Morgan fingerprint density at radius 3 is 3.06 bits per heavy atom. The SMILES string of the molecule is CCOC(C(=O)O)N1C=C2C=C(Cl)CC(=O)C2C1. The molecule has 0 saturated heterocycles. The Morgan fingerprint density at radius 2 is 2.44 bits per heavy atom. The summed E-state index contributed by atoms with van der Waals surface area (Å²) in [5.41, 5.74) is 0.766. The molecule has 0 saturated carbocycles. The average Bonchev–Trinajstić information content (AvgIpc) is 2.68. The smallest absolute Gasteiger partial charge is 0.354 e. The van der Waals surface area contributed by atoms with Crippen LogP contribution in [0.15, 0.2) is 22.9 Å². The third kappa shape index (κ3) is 2.42. The van der Waals surface area contributed by atoms with Crippen molar-refractivity contribution in [3.8, 4) is 0 Å². The minimum Gasteiger partial charge on any atom is -0.478 e. The highest BCUT2D eigenvalue weighted by Gasteiger charge is 2.37. The molecule has 1 N–H and O–H groups in total. The highest BCUT2D eigenvalue weighted by Crippen LogP contribution is 2.33. The molecule has 2 atom stereocenters. The second-order valence-electron chi connectivity index (χ2n) is 4.26. The number of aliphatic carboxylic acids is 1.